The average molecular weight is 181 g/mol. The molecule has 0 spiro atoms. The molecule has 0 bridgehead atoms. The molecule has 1 heteroatoms. The zero-order valence-corrected chi connectivity index (χ0v) is 6.71. The molecule has 0 rings (SSSR count). The van der Waals surface area contributed by atoms with Gasteiger partial charge in [0.2, 0.25) is 0 Å². The number of hydrogen-bond donors (Lipinski definition) is 0. The Balaban J connectivity index is 2.54. The Hall–Kier alpha value is 0.818. The van der Waals surface area contributed by atoms with Crippen molar-refractivity contribution < 1.29 is 0 Å². The van der Waals surface area contributed by atoms with Crippen molar-refractivity contribution >= 4 is 20.2 Å². The normalized spacial score (nSPS) is 9.60. The van der Waals surface area contributed by atoms with Gasteiger partial charge in [0.15, 0.2) is 0 Å². The summed E-state index contributed by atoms with van der Waals surface area (Å²) in [5.41, 5.74) is 0. The van der Waals surface area contributed by atoms with Gasteiger partial charge in [-0.2, -0.15) is 0 Å². The van der Waals surface area contributed by atoms with Crippen LogP contribution in [0.3, 0.4) is 0 Å². The van der Waals surface area contributed by atoms with Crippen LogP contribution >= 0.6 is 0 Å². The van der Waals surface area contributed by atoms with Gasteiger partial charge >= 0.3 is 41.2 Å². The molecular weight excluding hydrogens is 170 g/mol. The molecule has 0 aliphatic carbocycles. The summed E-state index contributed by atoms with van der Waals surface area (Å²) in [5, 5.41) is 0. The zero-order chi connectivity index (χ0) is 4.28. The topological polar surface area (TPSA) is 0 Å². The van der Waals surface area contributed by atoms with E-state index in [-0.39, 0.29) is 0 Å². The van der Waals surface area contributed by atoms with E-state index in [1.165, 1.54) is 4.37 Å². The van der Waals surface area contributed by atoms with Crippen molar-refractivity contribution in [1.29, 1.82) is 0 Å². The van der Waals surface area contributed by atoms with E-state index in [0.717, 1.165) is 0 Å². The molecule has 0 aromatic heterocycles. The molecule has 0 heterocycles. The molecule has 32 valence electrons. The fourth-order valence-corrected chi connectivity index (χ4v) is 0. The third-order valence-electron chi connectivity index (χ3n) is 0.632. The predicted molar refractivity (Wildman–Crippen MR) is 28.0 cm³/mol. The van der Waals surface area contributed by atoms with Gasteiger partial charge in [-0.3, -0.25) is 0 Å². The first-order chi connectivity index (χ1) is 2.27. The Morgan fingerprint density at radius 2 is 1.60 bits per heavy atom. The fourth-order valence-electron chi connectivity index (χ4n) is 0. The van der Waals surface area contributed by atoms with Crippen molar-refractivity contribution in [2.24, 2.45) is 0 Å². The summed E-state index contributed by atoms with van der Waals surface area (Å²) in [7, 11) is 0. The summed E-state index contributed by atoms with van der Waals surface area (Å²) in [6.45, 7) is 2.28. The van der Waals surface area contributed by atoms with E-state index in [0.29, 0.717) is 0 Å². The van der Waals surface area contributed by atoms with Crippen LogP contribution in [0.5, 0.6) is 0 Å². The summed E-state index contributed by atoms with van der Waals surface area (Å²) >= 11 is -0.481. The number of hydrogen-bond acceptors (Lipinski definition) is 0. The molecule has 0 aromatic rings. The second-order valence-corrected chi connectivity index (χ2v) is 9.36. The molecule has 0 atom stereocenters. The second-order valence-electron chi connectivity index (χ2n) is 1.40. The van der Waals surface area contributed by atoms with E-state index in [9.17, 15) is 0 Å². The molecule has 0 aromatic carbocycles. The maximum atomic E-state index is 2.41. The van der Waals surface area contributed by atoms with Crippen LogP contribution in [0.15, 0.2) is 0 Å². The van der Waals surface area contributed by atoms with Gasteiger partial charge in [-0.1, -0.05) is 0 Å². The van der Waals surface area contributed by atoms with Gasteiger partial charge in [-0.25, -0.2) is 0 Å². The predicted octanol–water partition coefficient (Wildman–Crippen LogP) is 1.76. The van der Waals surface area contributed by atoms with E-state index < -0.39 is 20.2 Å². The maximum absolute atomic E-state index is 2.41. The molecule has 5 heavy (non-hydrogen) atoms. The Morgan fingerprint density at radius 3 is 1.60 bits per heavy atom. The van der Waals surface area contributed by atoms with Gasteiger partial charge in [0.1, 0.15) is 0 Å². The summed E-state index contributed by atoms with van der Waals surface area (Å²) in [5.74, 6) is 0. The molecule has 0 aliphatic rings. The molecule has 0 saturated heterocycles. The van der Waals surface area contributed by atoms with Crippen LogP contribution < -0.4 is 0 Å². The number of rotatable bonds is 1. The van der Waals surface area contributed by atoms with Gasteiger partial charge in [0, 0.05) is 0 Å². The molecule has 0 N–H and O–H groups in total. The standard InChI is InChI=1S/C2H5.2CH3.Sb/c1-2;;;/h1H2,2H3;2*1H3;. The van der Waals surface area contributed by atoms with Crippen molar-refractivity contribution in [3.05, 3.63) is 0 Å². The molecule has 0 radical (unpaired) electrons. The van der Waals surface area contributed by atoms with Crippen LogP contribution in [0.2, 0.25) is 14.1 Å². The van der Waals surface area contributed by atoms with Crippen molar-refractivity contribution in [2.75, 3.05) is 0 Å². The summed E-state index contributed by atoms with van der Waals surface area (Å²) in [6.07, 6.45) is 0. The van der Waals surface area contributed by atoms with Gasteiger partial charge in [-0.15, -0.1) is 0 Å². The van der Waals surface area contributed by atoms with Gasteiger partial charge in [0.05, 0.1) is 0 Å². The molecule has 0 aliphatic heterocycles. The molecule has 0 amide bonds. The van der Waals surface area contributed by atoms with Crippen LogP contribution in [-0.4, -0.2) is 20.2 Å². The fraction of sp³-hybridized carbons (Fsp3) is 1.00. The summed E-state index contributed by atoms with van der Waals surface area (Å²) in [6, 6.07) is 0. The Morgan fingerprint density at radius 1 is 1.40 bits per heavy atom. The van der Waals surface area contributed by atoms with E-state index >= 15 is 0 Å². The zero-order valence-electron chi connectivity index (χ0n) is 4.15. The van der Waals surface area contributed by atoms with Crippen LogP contribution in [-0.2, 0) is 0 Å². The molecule has 0 unspecified atom stereocenters. The van der Waals surface area contributed by atoms with Crippen LogP contribution in [0.4, 0.5) is 0 Å². The first-order valence-electron chi connectivity index (χ1n) is 1.92. The SMILES string of the molecule is C[CH2][Sb]([CH3])[CH3]. The van der Waals surface area contributed by atoms with Crippen LogP contribution in [0.1, 0.15) is 6.92 Å². The Bertz CT molecular complexity index is 17.6. The Kier molecular flexibility index (Phi) is 3.52. The van der Waals surface area contributed by atoms with Crippen molar-refractivity contribution in [3.63, 3.8) is 0 Å². The second kappa shape index (κ2) is 3.03. The molecule has 0 saturated carbocycles. The third-order valence-corrected chi connectivity index (χ3v) is 4.24. The first kappa shape index (κ1) is 5.82. The summed E-state index contributed by atoms with van der Waals surface area (Å²) < 4.78 is 1.49. The Labute approximate surface area is 41.5 Å². The molecular formula is C4H11Sb. The van der Waals surface area contributed by atoms with Crippen LogP contribution in [0, 0.1) is 0 Å². The van der Waals surface area contributed by atoms with Crippen molar-refractivity contribution in [1.82, 2.24) is 0 Å². The van der Waals surface area contributed by atoms with Gasteiger partial charge in [-0.05, 0) is 0 Å². The van der Waals surface area contributed by atoms with Crippen molar-refractivity contribution in [3.8, 4) is 0 Å². The minimum absolute atomic E-state index is 0.481. The first-order valence-corrected chi connectivity index (χ1v) is 8.83. The van der Waals surface area contributed by atoms with E-state index in [2.05, 4.69) is 16.7 Å². The monoisotopic (exact) mass is 180 g/mol. The van der Waals surface area contributed by atoms with E-state index in [4.69, 9.17) is 0 Å². The summed E-state index contributed by atoms with van der Waals surface area (Å²) in [4.78, 5) is 4.81. The minimum atomic E-state index is -0.481. The molecule has 0 nitrogen and oxygen atoms in total. The third kappa shape index (κ3) is 4.82. The quantitative estimate of drug-likeness (QED) is 0.540. The van der Waals surface area contributed by atoms with Gasteiger partial charge < -0.3 is 0 Å². The van der Waals surface area contributed by atoms with E-state index in [1.807, 2.05) is 0 Å². The molecule has 0 fully saturated rings. The average Bonchev–Trinajstić information content (AvgIpc) is 1.38. The van der Waals surface area contributed by atoms with Crippen molar-refractivity contribution in [2.45, 2.75) is 21.0 Å². The van der Waals surface area contributed by atoms with Crippen LogP contribution in [0.25, 0.3) is 0 Å². The van der Waals surface area contributed by atoms with E-state index in [1.54, 1.807) is 0 Å². The van der Waals surface area contributed by atoms with Gasteiger partial charge in [0.25, 0.3) is 0 Å².